The van der Waals surface area contributed by atoms with Gasteiger partial charge in [0.05, 0.1) is 9.99 Å². The first-order valence-electron chi connectivity index (χ1n) is 8.18. The van der Waals surface area contributed by atoms with Gasteiger partial charge in [-0.15, -0.1) is 0 Å². The second kappa shape index (κ2) is 6.39. The maximum absolute atomic E-state index is 13.9. The zero-order chi connectivity index (χ0) is 17.5. The van der Waals surface area contributed by atoms with E-state index in [1.165, 1.54) is 0 Å². The molecule has 0 N–H and O–H groups in total. The molecule has 1 amide bonds. The highest BCUT2D eigenvalue weighted by Crippen LogP contribution is 2.31. The smallest absolute Gasteiger partial charge is 0.410 e. The average molecular weight is 397 g/mol. The van der Waals surface area contributed by atoms with Crippen molar-refractivity contribution in [2.45, 2.75) is 45.3 Å². The van der Waals surface area contributed by atoms with Crippen molar-refractivity contribution in [3.8, 4) is 0 Å². The Morgan fingerprint density at radius 3 is 2.58 bits per heavy atom. The third-order valence-corrected chi connectivity index (χ3v) is 4.88. The van der Waals surface area contributed by atoms with Crippen molar-refractivity contribution in [3.63, 3.8) is 0 Å². The highest BCUT2D eigenvalue weighted by atomic mass is 79.9. The average Bonchev–Trinajstić information content (AvgIpc) is 2.89. The van der Waals surface area contributed by atoms with Crippen LogP contribution in [0.15, 0.2) is 28.9 Å². The Kier molecular flexibility index (Phi) is 4.60. The van der Waals surface area contributed by atoms with Crippen molar-refractivity contribution in [1.82, 2.24) is 9.47 Å². The number of carbonyl (C=O) groups excluding carboxylic acids is 1. The number of hydrogen-bond acceptors (Lipinski definition) is 2. The number of amides is 1. The predicted molar refractivity (Wildman–Crippen MR) is 95.7 cm³/mol. The summed E-state index contributed by atoms with van der Waals surface area (Å²) in [5.41, 5.74) is 0.418. The second-order valence-corrected chi connectivity index (χ2v) is 8.10. The van der Waals surface area contributed by atoms with Crippen LogP contribution in [0.2, 0.25) is 0 Å². The SMILES string of the molecule is CC(C)(C)OC(=O)N1CCC(n2ccc3cc(Br)c(F)cc32)CC1. The highest BCUT2D eigenvalue weighted by molar-refractivity contribution is 9.10. The molecule has 2 aromatic rings. The summed E-state index contributed by atoms with van der Waals surface area (Å²) in [4.78, 5) is 13.9. The van der Waals surface area contributed by atoms with Gasteiger partial charge in [0.2, 0.25) is 0 Å². The van der Waals surface area contributed by atoms with Crippen LogP contribution >= 0.6 is 15.9 Å². The van der Waals surface area contributed by atoms with Gasteiger partial charge in [-0.3, -0.25) is 0 Å². The monoisotopic (exact) mass is 396 g/mol. The Balaban J connectivity index is 1.71. The van der Waals surface area contributed by atoms with Crippen LogP contribution in [0.1, 0.15) is 39.7 Å². The molecule has 2 heterocycles. The van der Waals surface area contributed by atoms with Gasteiger partial charge in [-0.1, -0.05) is 0 Å². The van der Waals surface area contributed by atoms with Gasteiger partial charge >= 0.3 is 6.09 Å². The molecule has 1 aliphatic heterocycles. The maximum atomic E-state index is 13.9. The Morgan fingerprint density at radius 1 is 1.29 bits per heavy atom. The minimum atomic E-state index is -0.477. The molecule has 0 unspecified atom stereocenters. The summed E-state index contributed by atoms with van der Waals surface area (Å²) >= 11 is 3.23. The molecule has 1 aliphatic rings. The first-order valence-corrected chi connectivity index (χ1v) is 8.97. The van der Waals surface area contributed by atoms with E-state index < -0.39 is 5.60 Å². The third kappa shape index (κ3) is 3.58. The quantitative estimate of drug-likeness (QED) is 0.670. The van der Waals surface area contributed by atoms with Crippen molar-refractivity contribution in [1.29, 1.82) is 0 Å². The molecular weight excluding hydrogens is 375 g/mol. The summed E-state index contributed by atoms with van der Waals surface area (Å²) < 4.78 is 21.9. The van der Waals surface area contributed by atoms with E-state index in [2.05, 4.69) is 20.5 Å². The number of fused-ring (bicyclic) bond motifs is 1. The number of piperidine rings is 1. The molecule has 1 saturated heterocycles. The summed E-state index contributed by atoms with van der Waals surface area (Å²) in [6.07, 6.45) is 3.42. The van der Waals surface area contributed by atoms with Gasteiger partial charge in [-0.2, -0.15) is 0 Å². The Bertz CT molecular complexity index is 758. The van der Waals surface area contributed by atoms with Crippen molar-refractivity contribution in [2.24, 2.45) is 0 Å². The summed E-state index contributed by atoms with van der Waals surface area (Å²) in [6, 6.07) is 5.64. The van der Waals surface area contributed by atoms with E-state index in [0.717, 1.165) is 23.7 Å². The van der Waals surface area contributed by atoms with Gasteiger partial charge < -0.3 is 14.2 Å². The van der Waals surface area contributed by atoms with E-state index in [1.807, 2.05) is 33.0 Å². The lowest BCUT2D eigenvalue weighted by Gasteiger charge is -2.34. The minimum absolute atomic E-state index is 0.256. The lowest BCUT2D eigenvalue weighted by atomic mass is 10.0. The highest BCUT2D eigenvalue weighted by Gasteiger charge is 2.27. The van der Waals surface area contributed by atoms with Gasteiger partial charge in [0.25, 0.3) is 0 Å². The van der Waals surface area contributed by atoms with Crippen molar-refractivity contribution < 1.29 is 13.9 Å². The molecule has 1 aromatic carbocycles. The van der Waals surface area contributed by atoms with Crippen molar-refractivity contribution in [3.05, 3.63) is 34.7 Å². The van der Waals surface area contributed by atoms with Gasteiger partial charge in [0.1, 0.15) is 11.4 Å². The van der Waals surface area contributed by atoms with Gasteiger partial charge in [-0.25, -0.2) is 9.18 Å². The third-order valence-electron chi connectivity index (χ3n) is 4.27. The first-order chi connectivity index (χ1) is 11.2. The number of likely N-dealkylation sites (tertiary alicyclic amines) is 1. The van der Waals surface area contributed by atoms with E-state index >= 15 is 0 Å². The Morgan fingerprint density at radius 2 is 1.96 bits per heavy atom. The van der Waals surface area contributed by atoms with E-state index in [1.54, 1.807) is 17.0 Å². The molecule has 3 rings (SSSR count). The first kappa shape index (κ1) is 17.3. The summed E-state index contributed by atoms with van der Waals surface area (Å²) in [6.45, 7) is 6.92. The molecule has 1 fully saturated rings. The number of halogens is 2. The van der Waals surface area contributed by atoms with Crippen LogP contribution in [-0.2, 0) is 4.74 Å². The molecule has 0 radical (unpaired) electrons. The molecule has 1 aromatic heterocycles. The lowest BCUT2D eigenvalue weighted by Crippen LogP contribution is -2.42. The molecule has 0 atom stereocenters. The fraction of sp³-hybridized carbons (Fsp3) is 0.500. The van der Waals surface area contributed by atoms with Crippen molar-refractivity contribution >= 4 is 32.9 Å². The summed E-state index contributed by atoms with van der Waals surface area (Å²) in [5.74, 6) is -0.256. The molecule has 130 valence electrons. The van der Waals surface area contributed by atoms with Crippen LogP contribution in [-0.4, -0.2) is 34.3 Å². The molecule has 0 spiro atoms. The van der Waals surface area contributed by atoms with Gasteiger partial charge in [-0.05, 0) is 67.7 Å². The van der Waals surface area contributed by atoms with Crippen LogP contribution < -0.4 is 0 Å². The molecule has 4 nitrogen and oxygen atoms in total. The van der Waals surface area contributed by atoms with E-state index in [4.69, 9.17) is 4.74 Å². The fourth-order valence-electron chi connectivity index (χ4n) is 3.12. The molecule has 6 heteroatoms. The predicted octanol–water partition coefficient (Wildman–Crippen LogP) is 5.11. The largest absolute Gasteiger partial charge is 0.444 e. The molecular formula is C18H22BrFN2O2. The Labute approximate surface area is 149 Å². The van der Waals surface area contributed by atoms with E-state index in [0.29, 0.717) is 17.6 Å². The second-order valence-electron chi connectivity index (χ2n) is 7.25. The summed E-state index contributed by atoms with van der Waals surface area (Å²) in [5, 5.41) is 1.01. The number of aromatic nitrogens is 1. The van der Waals surface area contributed by atoms with Crippen LogP contribution in [0.3, 0.4) is 0 Å². The van der Waals surface area contributed by atoms with E-state index in [-0.39, 0.29) is 18.0 Å². The number of hydrogen-bond donors (Lipinski definition) is 0. The number of nitrogens with zero attached hydrogens (tertiary/aromatic N) is 2. The minimum Gasteiger partial charge on any atom is -0.444 e. The number of benzene rings is 1. The van der Waals surface area contributed by atoms with Crippen molar-refractivity contribution in [2.75, 3.05) is 13.1 Å². The lowest BCUT2D eigenvalue weighted by molar-refractivity contribution is 0.0190. The standard InChI is InChI=1S/C18H22BrFN2O2/c1-18(2,3)24-17(23)21-7-5-13(6-8-21)22-9-4-12-10-14(19)15(20)11-16(12)22/h4,9-11,13H,5-8H2,1-3H3. The molecule has 0 bridgehead atoms. The van der Waals surface area contributed by atoms with Crippen LogP contribution in [0.4, 0.5) is 9.18 Å². The molecule has 0 saturated carbocycles. The van der Waals surface area contributed by atoms with E-state index in [9.17, 15) is 9.18 Å². The zero-order valence-electron chi connectivity index (χ0n) is 14.2. The normalized spacial score (nSPS) is 16.6. The fourth-order valence-corrected chi connectivity index (χ4v) is 3.48. The van der Waals surface area contributed by atoms with Crippen LogP contribution in [0, 0.1) is 5.82 Å². The molecule has 0 aliphatic carbocycles. The topological polar surface area (TPSA) is 34.5 Å². The number of ether oxygens (including phenoxy) is 1. The molecule has 24 heavy (non-hydrogen) atoms. The van der Waals surface area contributed by atoms with Gasteiger partial charge in [0.15, 0.2) is 0 Å². The van der Waals surface area contributed by atoms with Gasteiger partial charge in [0, 0.05) is 30.7 Å². The number of rotatable bonds is 1. The maximum Gasteiger partial charge on any atom is 0.410 e. The Hall–Kier alpha value is -1.56. The van der Waals surface area contributed by atoms with Crippen LogP contribution in [0.5, 0.6) is 0 Å². The number of carbonyl (C=O) groups is 1. The summed E-state index contributed by atoms with van der Waals surface area (Å²) in [7, 11) is 0. The van der Waals surface area contributed by atoms with Crippen LogP contribution in [0.25, 0.3) is 10.9 Å². The zero-order valence-corrected chi connectivity index (χ0v) is 15.8.